The number of benzene rings is 4. The number of hydrogen-bond acceptors (Lipinski definition) is 9. The Kier molecular flexibility index (Phi) is 16.1. The maximum absolute atomic E-state index is 12.3. The Labute approximate surface area is 314 Å². The van der Waals surface area contributed by atoms with Crippen LogP contribution in [0.15, 0.2) is 115 Å². The Morgan fingerprint density at radius 1 is 0.750 bits per heavy atom. The largest absolute Gasteiger partial charge is 0.480 e. The van der Waals surface area contributed by atoms with Crippen LogP contribution in [0.1, 0.15) is 54.2 Å². The average Bonchev–Trinajstić information content (AvgIpc) is 3.13. The van der Waals surface area contributed by atoms with Crippen LogP contribution in [0.5, 0.6) is 0 Å². The molecule has 0 saturated heterocycles. The highest BCUT2D eigenvalue weighted by molar-refractivity contribution is 8.00. The molecular weight excluding hydrogens is 699 g/mol. The van der Waals surface area contributed by atoms with Gasteiger partial charge in [0.2, 0.25) is 0 Å². The van der Waals surface area contributed by atoms with Gasteiger partial charge in [-0.25, -0.2) is 14.4 Å². The van der Waals surface area contributed by atoms with E-state index < -0.39 is 40.5 Å². The molecule has 0 saturated carbocycles. The molecule has 0 aliphatic heterocycles. The van der Waals surface area contributed by atoms with E-state index >= 15 is 0 Å². The molecule has 0 fully saturated rings. The van der Waals surface area contributed by atoms with E-state index in [0.29, 0.717) is 17.7 Å². The van der Waals surface area contributed by atoms with Crippen molar-refractivity contribution in [3.05, 3.63) is 138 Å². The summed E-state index contributed by atoms with van der Waals surface area (Å²) in [6.07, 6.45) is 1.73. The molecule has 0 aromatic heterocycles. The molecule has 4 aromatic rings. The van der Waals surface area contributed by atoms with Gasteiger partial charge >= 0.3 is 18.0 Å². The van der Waals surface area contributed by atoms with Crippen LogP contribution in [0, 0.1) is 0 Å². The van der Waals surface area contributed by atoms with Gasteiger partial charge in [0.25, 0.3) is 5.91 Å². The molecule has 0 heterocycles. The van der Waals surface area contributed by atoms with Crippen molar-refractivity contribution in [1.82, 2.24) is 10.6 Å². The summed E-state index contributed by atoms with van der Waals surface area (Å²) in [7, 11) is 1.31. The number of nitrogens with two attached hydrogens (primary N) is 1. The molecule has 276 valence electrons. The minimum absolute atomic E-state index is 0.132. The number of methoxy groups -OCH3 is 1. The van der Waals surface area contributed by atoms with Crippen molar-refractivity contribution in [2.45, 2.75) is 49.6 Å². The van der Waals surface area contributed by atoms with Crippen LogP contribution >= 0.6 is 23.5 Å². The number of nitrogens with one attached hydrogen (secondary N) is 2. The van der Waals surface area contributed by atoms with Crippen molar-refractivity contribution >= 4 is 53.2 Å². The van der Waals surface area contributed by atoms with E-state index in [2.05, 4.69) is 15.4 Å². The lowest BCUT2D eigenvalue weighted by Crippen LogP contribution is -2.45. The maximum Gasteiger partial charge on any atom is 0.408 e. The van der Waals surface area contributed by atoms with Crippen molar-refractivity contribution in [3.8, 4) is 0 Å². The Morgan fingerprint density at radius 2 is 1.23 bits per heavy atom. The first-order valence-electron chi connectivity index (χ1n) is 16.6. The summed E-state index contributed by atoms with van der Waals surface area (Å²) in [6, 6.07) is 34.8. The van der Waals surface area contributed by atoms with Crippen molar-refractivity contribution in [1.29, 1.82) is 0 Å². The Bertz CT molecular complexity index is 1620. The van der Waals surface area contributed by atoms with Gasteiger partial charge in [-0.2, -0.15) is 11.8 Å². The molecule has 52 heavy (non-hydrogen) atoms. The number of alkyl carbamates (subject to hydrolysis) is 1. The number of carbonyl (C=O) groups excluding carboxylic acids is 3. The molecule has 4 aromatic carbocycles. The molecule has 0 aliphatic rings. The van der Waals surface area contributed by atoms with Crippen molar-refractivity contribution in [3.63, 3.8) is 0 Å². The quantitative estimate of drug-likeness (QED) is 0.0603. The lowest BCUT2D eigenvalue weighted by molar-refractivity contribution is -0.143. The first-order valence-corrected chi connectivity index (χ1v) is 18.9. The fourth-order valence-corrected chi connectivity index (χ4v) is 7.13. The van der Waals surface area contributed by atoms with Crippen LogP contribution in [0.25, 0.3) is 0 Å². The molecule has 0 bridgehead atoms. The molecule has 2 atom stereocenters. The third-order valence-corrected chi connectivity index (χ3v) is 9.86. The van der Waals surface area contributed by atoms with Crippen LogP contribution < -0.4 is 16.4 Å². The predicted molar refractivity (Wildman–Crippen MR) is 210 cm³/mol. The first-order chi connectivity index (χ1) is 24.8. The lowest BCUT2D eigenvalue weighted by Gasteiger charge is -2.36. The number of hydrogen-bond donors (Lipinski definition) is 4. The van der Waals surface area contributed by atoms with Gasteiger partial charge < -0.3 is 30.9 Å². The first kappa shape index (κ1) is 41.5. The zero-order valence-electron chi connectivity index (χ0n) is 30.0. The number of carboxylic acid groups (broad SMARTS) is 1. The Hall–Kier alpha value is -4.94. The highest BCUT2D eigenvalue weighted by Crippen LogP contribution is 2.48. The highest BCUT2D eigenvalue weighted by Gasteiger charge is 2.38. The predicted octanol–water partition coefficient (Wildman–Crippen LogP) is 6.98. The second-order valence-corrected chi connectivity index (χ2v) is 14.8. The van der Waals surface area contributed by atoms with Crippen LogP contribution in [0.4, 0.5) is 10.5 Å². The molecule has 4 rings (SSSR count). The fraction of sp³-hybridized carbons (Fsp3) is 0.300. The summed E-state index contributed by atoms with van der Waals surface area (Å²) >= 11 is 3.08. The monoisotopic (exact) mass is 745 g/mol. The number of thioether (sulfide) groups is 2. The van der Waals surface area contributed by atoms with E-state index in [1.807, 2.05) is 97.3 Å². The second kappa shape index (κ2) is 20.2. The molecule has 0 spiro atoms. The standard InChI is InChI=1S/C27H29NO4S.C13H18N2O3S/c1-26(2,3)32-25(31)28-23(24(29)30)19-33-27(20-13-7-4-8-14-20,21-15-9-5-10-16-21)22-17-11-6-12-18-22;1-18-13(17)11(7-8-19-2)15-12(16)9-3-5-10(14)6-4-9/h4-18,23H,19H2,1-3H3,(H,28,31)(H,29,30);3-6,11H,7-8,14H2,1-2H3,(H,15,16)/t23-;11-/m00/s1. The van der Waals surface area contributed by atoms with Gasteiger partial charge in [0.15, 0.2) is 0 Å². The Balaban J connectivity index is 0.000000326. The van der Waals surface area contributed by atoms with E-state index in [1.165, 1.54) is 18.9 Å². The number of amides is 2. The number of ether oxygens (including phenoxy) is 2. The number of aliphatic carboxylic acids is 1. The van der Waals surface area contributed by atoms with Gasteiger partial charge in [-0.05, 0) is 80.2 Å². The number of nitrogen functional groups attached to an aromatic ring is 1. The number of carbonyl (C=O) groups is 4. The summed E-state index contributed by atoms with van der Waals surface area (Å²) < 4.78 is 9.29. The van der Waals surface area contributed by atoms with Crippen LogP contribution in [-0.2, 0) is 23.8 Å². The number of carboxylic acids is 1. The molecular formula is C40H47N3O7S2. The highest BCUT2D eigenvalue weighted by atomic mass is 32.2. The Morgan fingerprint density at radius 3 is 1.63 bits per heavy atom. The lowest BCUT2D eigenvalue weighted by atomic mass is 9.84. The van der Waals surface area contributed by atoms with E-state index in [-0.39, 0.29) is 11.7 Å². The SMILES string of the molecule is CC(C)(C)OC(=O)N[C@@H](CSC(c1ccccc1)(c1ccccc1)c1ccccc1)C(=O)O.COC(=O)[C@H](CCSC)NC(=O)c1ccc(N)cc1. The topological polar surface area (TPSA) is 157 Å². The van der Waals surface area contributed by atoms with Gasteiger partial charge in [-0.3, -0.25) is 4.79 Å². The van der Waals surface area contributed by atoms with Crippen LogP contribution in [0.3, 0.4) is 0 Å². The van der Waals surface area contributed by atoms with Gasteiger partial charge in [-0.1, -0.05) is 91.0 Å². The molecule has 0 radical (unpaired) electrons. The zero-order valence-corrected chi connectivity index (χ0v) is 31.7. The van der Waals surface area contributed by atoms with E-state index in [4.69, 9.17) is 10.5 Å². The van der Waals surface area contributed by atoms with Gasteiger partial charge in [0, 0.05) is 17.0 Å². The van der Waals surface area contributed by atoms with Gasteiger partial charge in [-0.15, -0.1) is 11.8 Å². The average molecular weight is 746 g/mol. The molecule has 2 amide bonds. The number of rotatable bonds is 14. The number of esters is 1. The van der Waals surface area contributed by atoms with E-state index in [1.54, 1.807) is 56.8 Å². The minimum atomic E-state index is -1.12. The molecule has 0 unspecified atom stereocenters. The summed E-state index contributed by atoms with van der Waals surface area (Å²) in [5.74, 6) is -0.958. The van der Waals surface area contributed by atoms with Crippen LogP contribution in [-0.4, -0.2) is 71.6 Å². The fourth-order valence-electron chi connectivity index (χ4n) is 5.10. The van der Waals surface area contributed by atoms with Crippen molar-refractivity contribution < 1.29 is 33.8 Å². The van der Waals surface area contributed by atoms with Crippen molar-refractivity contribution in [2.24, 2.45) is 0 Å². The van der Waals surface area contributed by atoms with Crippen molar-refractivity contribution in [2.75, 3.05) is 30.6 Å². The second-order valence-electron chi connectivity index (χ2n) is 12.6. The maximum atomic E-state index is 12.3. The molecule has 5 N–H and O–H groups in total. The summed E-state index contributed by atoms with van der Waals surface area (Å²) in [5, 5.41) is 15.0. The van der Waals surface area contributed by atoms with Crippen LogP contribution in [0.2, 0.25) is 0 Å². The van der Waals surface area contributed by atoms with E-state index in [9.17, 15) is 24.3 Å². The minimum Gasteiger partial charge on any atom is -0.480 e. The summed E-state index contributed by atoms with van der Waals surface area (Å²) in [5.41, 5.74) is 8.95. The normalized spacial score (nSPS) is 12.2. The third-order valence-electron chi connectivity index (χ3n) is 7.57. The molecule has 12 heteroatoms. The van der Waals surface area contributed by atoms with E-state index in [0.717, 1.165) is 22.4 Å². The third kappa shape index (κ3) is 12.4. The summed E-state index contributed by atoms with van der Waals surface area (Å²) in [4.78, 5) is 47.9. The van der Waals surface area contributed by atoms with Gasteiger partial charge in [0.05, 0.1) is 11.9 Å². The number of anilines is 1. The summed E-state index contributed by atoms with van der Waals surface area (Å²) in [6.45, 7) is 5.22. The smallest absolute Gasteiger partial charge is 0.408 e. The van der Waals surface area contributed by atoms with Gasteiger partial charge in [0.1, 0.15) is 17.7 Å². The molecule has 0 aliphatic carbocycles. The molecule has 10 nitrogen and oxygen atoms in total. The zero-order chi connectivity index (χ0) is 38.1.